The zero-order valence-corrected chi connectivity index (χ0v) is 15.5. The third-order valence-corrected chi connectivity index (χ3v) is 4.72. The number of likely N-dealkylation sites (tertiary alicyclic amines) is 1. The number of halogens is 1. The first kappa shape index (κ1) is 19.2. The van der Waals surface area contributed by atoms with Crippen LogP contribution < -0.4 is 14.2 Å². The van der Waals surface area contributed by atoms with Crippen molar-refractivity contribution >= 4 is 12.4 Å². The van der Waals surface area contributed by atoms with E-state index in [1.165, 1.54) is 44.9 Å². The molecule has 0 bridgehead atoms. The minimum atomic E-state index is 0. The summed E-state index contributed by atoms with van der Waals surface area (Å²) in [5, 5.41) is 0. The lowest BCUT2D eigenvalue weighted by Crippen LogP contribution is -2.43. The Morgan fingerprint density at radius 2 is 1.92 bits per heavy atom. The van der Waals surface area contributed by atoms with Crippen LogP contribution in [-0.2, 0) is 0 Å². The number of benzene rings is 1. The number of ether oxygens (including phenoxy) is 3. The van der Waals surface area contributed by atoms with E-state index in [-0.39, 0.29) is 18.6 Å². The smallest absolute Gasteiger partial charge is 0.231 e. The van der Waals surface area contributed by atoms with E-state index < -0.39 is 0 Å². The summed E-state index contributed by atoms with van der Waals surface area (Å²) in [7, 11) is 0. The molecule has 1 unspecified atom stereocenters. The largest absolute Gasteiger partial charge is 0.475 e. The highest BCUT2D eigenvalue weighted by molar-refractivity contribution is 5.85. The lowest BCUT2D eigenvalue weighted by molar-refractivity contribution is -0.00482. The molecule has 136 valence electrons. The van der Waals surface area contributed by atoms with E-state index in [4.69, 9.17) is 14.2 Å². The van der Waals surface area contributed by atoms with Gasteiger partial charge in [-0.25, -0.2) is 0 Å². The molecule has 0 saturated carbocycles. The lowest BCUT2D eigenvalue weighted by atomic mass is 10.1. The van der Waals surface area contributed by atoms with Gasteiger partial charge in [-0.05, 0) is 37.8 Å². The van der Waals surface area contributed by atoms with Gasteiger partial charge in [0.15, 0.2) is 17.7 Å². The van der Waals surface area contributed by atoms with Gasteiger partial charge in [0.05, 0.1) is 0 Å². The van der Waals surface area contributed by atoms with Crippen molar-refractivity contribution in [3.05, 3.63) is 18.2 Å². The van der Waals surface area contributed by atoms with Crippen molar-refractivity contribution in [2.75, 3.05) is 19.9 Å². The Hall–Kier alpha value is -1.13. The van der Waals surface area contributed by atoms with Crippen molar-refractivity contribution in [2.45, 2.75) is 64.5 Å². The van der Waals surface area contributed by atoms with Crippen LogP contribution in [0.15, 0.2) is 18.2 Å². The van der Waals surface area contributed by atoms with E-state index in [9.17, 15) is 0 Å². The summed E-state index contributed by atoms with van der Waals surface area (Å²) in [6, 6.07) is 5.88. The molecule has 24 heavy (non-hydrogen) atoms. The molecule has 1 atom stereocenters. The fourth-order valence-corrected chi connectivity index (χ4v) is 3.38. The molecule has 2 aliphatic heterocycles. The molecule has 1 aromatic carbocycles. The summed E-state index contributed by atoms with van der Waals surface area (Å²) >= 11 is 0. The molecule has 2 aliphatic rings. The van der Waals surface area contributed by atoms with E-state index in [1.54, 1.807) is 0 Å². The van der Waals surface area contributed by atoms with Crippen molar-refractivity contribution in [1.82, 2.24) is 4.90 Å². The molecule has 1 aromatic rings. The number of nitrogens with zero attached hydrogens (tertiary/aromatic N) is 1. The quantitative estimate of drug-likeness (QED) is 0.614. The van der Waals surface area contributed by atoms with Crippen molar-refractivity contribution in [2.24, 2.45) is 0 Å². The molecule has 1 fully saturated rings. The standard InChI is InChI=1S/C19H29NO3.ClH/c1-2-3-4-5-7-12-20-13-8-6-9-19(20)23-16-10-11-17-18(14-16)22-15-21-17;/h10-11,14,19H,2-9,12-13,15H2,1H3;1H. The first-order valence-corrected chi connectivity index (χ1v) is 9.17. The average Bonchev–Trinajstić information content (AvgIpc) is 3.04. The molecule has 1 saturated heterocycles. The van der Waals surface area contributed by atoms with E-state index in [1.807, 2.05) is 18.2 Å². The highest BCUT2D eigenvalue weighted by atomic mass is 35.5. The van der Waals surface area contributed by atoms with Gasteiger partial charge >= 0.3 is 0 Å². The number of hydrogen-bond acceptors (Lipinski definition) is 4. The van der Waals surface area contributed by atoms with Gasteiger partial charge in [-0.3, -0.25) is 4.90 Å². The van der Waals surface area contributed by atoms with Gasteiger partial charge in [0.1, 0.15) is 5.75 Å². The molecule has 0 spiro atoms. The SMILES string of the molecule is CCCCCCCN1CCCCC1Oc1ccc2c(c1)OCO2.Cl. The average molecular weight is 356 g/mol. The van der Waals surface area contributed by atoms with E-state index in [0.717, 1.165) is 36.8 Å². The second kappa shape index (κ2) is 10.00. The molecular weight excluding hydrogens is 326 g/mol. The van der Waals surface area contributed by atoms with Crippen LogP contribution in [-0.4, -0.2) is 31.0 Å². The number of unbranched alkanes of at least 4 members (excludes halogenated alkanes) is 4. The predicted octanol–water partition coefficient (Wildman–Crippen LogP) is 5.00. The van der Waals surface area contributed by atoms with Gasteiger partial charge in [-0.15, -0.1) is 12.4 Å². The second-order valence-corrected chi connectivity index (χ2v) is 6.53. The van der Waals surface area contributed by atoms with Gasteiger partial charge in [0, 0.05) is 19.2 Å². The highest BCUT2D eigenvalue weighted by Gasteiger charge is 2.24. The molecular formula is C19H30ClNO3. The van der Waals surface area contributed by atoms with Gasteiger partial charge in [0.2, 0.25) is 6.79 Å². The maximum absolute atomic E-state index is 6.26. The maximum Gasteiger partial charge on any atom is 0.231 e. The second-order valence-electron chi connectivity index (χ2n) is 6.53. The van der Waals surface area contributed by atoms with Crippen LogP contribution >= 0.6 is 12.4 Å². The Bertz CT molecular complexity index is 498. The number of rotatable bonds is 8. The van der Waals surface area contributed by atoms with Crippen molar-refractivity contribution in [3.8, 4) is 17.2 Å². The Kier molecular flexibility index (Phi) is 8.00. The fraction of sp³-hybridized carbons (Fsp3) is 0.684. The molecule has 4 nitrogen and oxygen atoms in total. The molecule has 0 radical (unpaired) electrons. The summed E-state index contributed by atoms with van der Waals surface area (Å²) in [4.78, 5) is 2.51. The summed E-state index contributed by atoms with van der Waals surface area (Å²) in [5.74, 6) is 2.50. The first-order chi connectivity index (χ1) is 11.4. The molecule has 0 aliphatic carbocycles. The van der Waals surface area contributed by atoms with Crippen molar-refractivity contribution in [1.29, 1.82) is 0 Å². The fourth-order valence-electron chi connectivity index (χ4n) is 3.38. The number of hydrogen-bond donors (Lipinski definition) is 0. The van der Waals surface area contributed by atoms with E-state index >= 15 is 0 Å². The van der Waals surface area contributed by atoms with Crippen molar-refractivity contribution in [3.63, 3.8) is 0 Å². The van der Waals surface area contributed by atoms with Crippen LogP contribution in [0, 0.1) is 0 Å². The van der Waals surface area contributed by atoms with Crippen LogP contribution in [0.5, 0.6) is 17.2 Å². The topological polar surface area (TPSA) is 30.9 Å². The zero-order chi connectivity index (χ0) is 15.9. The molecule has 2 heterocycles. The van der Waals surface area contributed by atoms with Crippen LogP contribution in [0.25, 0.3) is 0 Å². The molecule has 0 N–H and O–H groups in total. The third-order valence-electron chi connectivity index (χ3n) is 4.72. The van der Waals surface area contributed by atoms with Gasteiger partial charge in [-0.1, -0.05) is 32.6 Å². The molecule has 3 rings (SSSR count). The van der Waals surface area contributed by atoms with Crippen LogP contribution in [0.1, 0.15) is 58.3 Å². The van der Waals surface area contributed by atoms with Crippen LogP contribution in [0.3, 0.4) is 0 Å². The van der Waals surface area contributed by atoms with Gasteiger partial charge in [0.25, 0.3) is 0 Å². The number of piperidine rings is 1. The summed E-state index contributed by atoms with van der Waals surface area (Å²) in [6.07, 6.45) is 10.5. The maximum atomic E-state index is 6.26. The zero-order valence-electron chi connectivity index (χ0n) is 14.7. The van der Waals surface area contributed by atoms with Gasteiger partial charge < -0.3 is 14.2 Å². The first-order valence-electron chi connectivity index (χ1n) is 9.17. The van der Waals surface area contributed by atoms with Crippen LogP contribution in [0.4, 0.5) is 0 Å². The minimum absolute atomic E-state index is 0. The number of fused-ring (bicyclic) bond motifs is 1. The van der Waals surface area contributed by atoms with Gasteiger partial charge in [-0.2, -0.15) is 0 Å². The van der Waals surface area contributed by atoms with Crippen molar-refractivity contribution < 1.29 is 14.2 Å². The van der Waals surface area contributed by atoms with Crippen LogP contribution in [0.2, 0.25) is 0 Å². The van der Waals surface area contributed by atoms with E-state index in [2.05, 4.69) is 11.8 Å². The summed E-state index contributed by atoms with van der Waals surface area (Å²) < 4.78 is 17.1. The minimum Gasteiger partial charge on any atom is -0.475 e. The molecule has 0 aromatic heterocycles. The predicted molar refractivity (Wildman–Crippen MR) is 98.4 cm³/mol. The monoisotopic (exact) mass is 355 g/mol. The lowest BCUT2D eigenvalue weighted by Gasteiger charge is -2.35. The Labute approximate surface area is 151 Å². The Morgan fingerprint density at radius 3 is 2.79 bits per heavy atom. The Morgan fingerprint density at radius 1 is 1.08 bits per heavy atom. The summed E-state index contributed by atoms with van der Waals surface area (Å²) in [5.41, 5.74) is 0. The summed E-state index contributed by atoms with van der Waals surface area (Å²) in [6.45, 7) is 4.88. The molecule has 5 heteroatoms. The highest BCUT2D eigenvalue weighted by Crippen LogP contribution is 2.36. The Balaban J connectivity index is 0.00000208. The normalized spacial score (nSPS) is 19.8. The van der Waals surface area contributed by atoms with E-state index in [0.29, 0.717) is 6.79 Å². The molecule has 0 amide bonds. The third kappa shape index (κ3) is 5.18.